The fourth-order valence-corrected chi connectivity index (χ4v) is 5.56. The molecule has 4 heterocycles. The number of ether oxygens (including phenoxy) is 2. The van der Waals surface area contributed by atoms with E-state index in [0.29, 0.717) is 52.7 Å². The number of esters is 1. The Labute approximate surface area is 227 Å². The van der Waals surface area contributed by atoms with Crippen molar-refractivity contribution >= 4 is 23.2 Å². The number of carbonyl (C=O) groups excluding carboxylic acids is 2. The third-order valence-electron chi connectivity index (χ3n) is 7.36. The molecule has 0 spiro atoms. The van der Waals surface area contributed by atoms with Crippen LogP contribution >= 0.6 is 0 Å². The predicted octanol–water partition coefficient (Wildman–Crippen LogP) is 4.32. The van der Waals surface area contributed by atoms with Gasteiger partial charge < -0.3 is 24.2 Å². The van der Waals surface area contributed by atoms with Crippen LogP contribution in [0.15, 0.2) is 16.9 Å². The van der Waals surface area contributed by atoms with E-state index in [0.717, 1.165) is 47.6 Å². The van der Waals surface area contributed by atoms with Crippen LogP contribution in [0.4, 0.5) is 4.39 Å². The molecule has 2 aliphatic heterocycles. The van der Waals surface area contributed by atoms with Crippen molar-refractivity contribution in [1.29, 1.82) is 0 Å². The maximum Gasteiger partial charge on any atom is 0.340 e. The van der Waals surface area contributed by atoms with E-state index in [4.69, 9.17) is 14.5 Å². The SMILES string of the molecule is CC.CC(C)NCC=O.COC1C(=O)OCc2c1cc1n(c2=O)Cc2c-1nc1cc(F)c(C)c3c1c2CCC3. The maximum absolute atomic E-state index is 14.6. The Morgan fingerprint density at radius 3 is 2.54 bits per heavy atom. The molecular formula is C30H36FN3O5. The van der Waals surface area contributed by atoms with E-state index in [2.05, 4.69) is 5.32 Å². The predicted molar refractivity (Wildman–Crippen MR) is 147 cm³/mol. The molecule has 208 valence electrons. The first-order valence-electron chi connectivity index (χ1n) is 13.5. The van der Waals surface area contributed by atoms with Crippen LogP contribution in [0.2, 0.25) is 0 Å². The van der Waals surface area contributed by atoms with Gasteiger partial charge in [-0.25, -0.2) is 14.2 Å². The second kappa shape index (κ2) is 11.8. The standard InChI is InChI=1S/C23H19FN2O4.C5H11NO.C2H6/c1-10-11-4-3-5-12-14-8-26-18(20(14)25-17(19(11)12)7-16(10)24)6-13-15(22(26)27)9-30-23(28)21(13)29-2;1-5(2)6-3-4-7;1-2/h6-7,21H,3-5,8-9H2,1-2H3;4-6H,3H2,1-2H3;1-2H3. The molecule has 0 saturated carbocycles. The molecule has 0 fully saturated rings. The fraction of sp³-hybridized carbons (Fsp3) is 0.467. The third-order valence-corrected chi connectivity index (χ3v) is 7.36. The maximum atomic E-state index is 14.6. The molecule has 1 N–H and O–H groups in total. The van der Waals surface area contributed by atoms with Gasteiger partial charge in [0.15, 0.2) is 6.10 Å². The Bertz CT molecular complexity index is 1490. The van der Waals surface area contributed by atoms with Crippen LogP contribution in [0.25, 0.3) is 22.3 Å². The Balaban J connectivity index is 0.000000345. The van der Waals surface area contributed by atoms with Crippen LogP contribution in [0.3, 0.4) is 0 Å². The molecule has 3 aliphatic rings. The molecule has 0 radical (unpaired) electrons. The summed E-state index contributed by atoms with van der Waals surface area (Å²) in [5.41, 5.74) is 6.66. The van der Waals surface area contributed by atoms with Crippen LogP contribution in [0.1, 0.15) is 73.6 Å². The van der Waals surface area contributed by atoms with Crippen LogP contribution in [0, 0.1) is 12.7 Å². The van der Waals surface area contributed by atoms with Gasteiger partial charge in [0.2, 0.25) is 0 Å². The lowest BCUT2D eigenvalue weighted by atomic mass is 9.85. The Morgan fingerprint density at radius 2 is 1.90 bits per heavy atom. The normalized spacial score (nSPS) is 16.3. The van der Waals surface area contributed by atoms with Crippen LogP contribution < -0.4 is 10.9 Å². The van der Waals surface area contributed by atoms with Gasteiger partial charge in [0, 0.05) is 35.7 Å². The van der Waals surface area contributed by atoms with Crippen molar-refractivity contribution in [2.45, 2.75) is 79.2 Å². The van der Waals surface area contributed by atoms with Gasteiger partial charge in [-0.15, -0.1) is 0 Å². The molecule has 1 aromatic carbocycles. The second-order valence-corrected chi connectivity index (χ2v) is 9.93. The summed E-state index contributed by atoms with van der Waals surface area (Å²) in [7, 11) is 1.42. The van der Waals surface area contributed by atoms with Gasteiger partial charge in [-0.1, -0.05) is 27.7 Å². The topological polar surface area (TPSA) is 99.5 Å². The minimum Gasteiger partial charge on any atom is -0.458 e. The average molecular weight is 538 g/mol. The van der Waals surface area contributed by atoms with Gasteiger partial charge in [0.05, 0.1) is 35.6 Å². The van der Waals surface area contributed by atoms with Crippen LogP contribution in [0.5, 0.6) is 0 Å². The van der Waals surface area contributed by atoms with Crippen molar-refractivity contribution in [3.05, 3.63) is 61.7 Å². The largest absolute Gasteiger partial charge is 0.458 e. The third kappa shape index (κ3) is 5.01. The quantitative estimate of drug-likeness (QED) is 0.306. The average Bonchev–Trinajstić information content (AvgIpc) is 3.31. The smallest absolute Gasteiger partial charge is 0.340 e. The summed E-state index contributed by atoms with van der Waals surface area (Å²) in [6, 6.07) is 3.74. The number of benzene rings is 1. The second-order valence-electron chi connectivity index (χ2n) is 9.93. The Morgan fingerprint density at radius 1 is 1.18 bits per heavy atom. The molecule has 1 unspecified atom stereocenters. The van der Waals surface area contributed by atoms with Crippen molar-refractivity contribution in [3.63, 3.8) is 0 Å². The lowest BCUT2D eigenvalue weighted by Gasteiger charge is -2.24. The summed E-state index contributed by atoms with van der Waals surface area (Å²) in [6.45, 7) is 10.7. The van der Waals surface area contributed by atoms with E-state index in [1.165, 1.54) is 13.2 Å². The van der Waals surface area contributed by atoms with Crippen molar-refractivity contribution in [2.75, 3.05) is 13.7 Å². The van der Waals surface area contributed by atoms with Gasteiger partial charge in [0.1, 0.15) is 18.7 Å². The molecule has 2 aromatic heterocycles. The number of aldehydes is 1. The number of rotatable bonds is 4. The monoisotopic (exact) mass is 537 g/mol. The highest BCUT2D eigenvalue weighted by Crippen LogP contribution is 2.42. The number of nitrogens with zero attached hydrogens (tertiary/aromatic N) is 2. The first-order chi connectivity index (χ1) is 18.8. The molecular weight excluding hydrogens is 501 g/mol. The number of hydrogen-bond acceptors (Lipinski definition) is 7. The van der Waals surface area contributed by atoms with E-state index in [-0.39, 0.29) is 18.0 Å². The number of nitrogens with one attached hydrogen (secondary N) is 1. The Kier molecular flexibility index (Phi) is 8.61. The van der Waals surface area contributed by atoms with Crippen molar-refractivity contribution in [2.24, 2.45) is 0 Å². The first kappa shape index (κ1) is 28.6. The summed E-state index contributed by atoms with van der Waals surface area (Å²) in [6.07, 6.45) is 2.59. The van der Waals surface area contributed by atoms with Crippen molar-refractivity contribution < 1.29 is 23.5 Å². The fourth-order valence-electron chi connectivity index (χ4n) is 5.56. The minimum atomic E-state index is -0.929. The van der Waals surface area contributed by atoms with Crippen LogP contribution in [-0.2, 0) is 45.1 Å². The molecule has 0 bridgehead atoms. The van der Waals surface area contributed by atoms with E-state index in [9.17, 15) is 18.8 Å². The number of pyridine rings is 2. The summed E-state index contributed by atoms with van der Waals surface area (Å²) in [5.74, 6) is -0.753. The lowest BCUT2D eigenvalue weighted by molar-refractivity contribution is -0.159. The number of aromatic nitrogens is 2. The summed E-state index contributed by atoms with van der Waals surface area (Å²) in [4.78, 5) is 39.8. The number of methoxy groups -OCH3 is 1. The van der Waals surface area contributed by atoms with Crippen molar-refractivity contribution in [1.82, 2.24) is 14.9 Å². The molecule has 39 heavy (non-hydrogen) atoms. The Hall–Kier alpha value is -3.43. The van der Waals surface area contributed by atoms with Gasteiger partial charge in [-0.3, -0.25) is 4.79 Å². The molecule has 0 saturated heterocycles. The van der Waals surface area contributed by atoms with Gasteiger partial charge in [-0.2, -0.15) is 0 Å². The first-order valence-corrected chi connectivity index (χ1v) is 13.5. The number of carbonyl (C=O) groups is 2. The zero-order valence-electron chi connectivity index (χ0n) is 23.4. The molecule has 8 nitrogen and oxygen atoms in total. The lowest BCUT2D eigenvalue weighted by Crippen LogP contribution is -2.33. The van der Waals surface area contributed by atoms with Crippen LogP contribution in [-0.4, -0.2) is 41.5 Å². The van der Waals surface area contributed by atoms with Gasteiger partial charge in [-0.05, 0) is 48.9 Å². The zero-order valence-corrected chi connectivity index (χ0v) is 23.4. The molecule has 9 heteroatoms. The molecule has 0 amide bonds. The highest BCUT2D eigenvalue weighted by molar-refractivity contribution is 5.92. The van der Waals surface area contributed by atoms with E-state index >= 15 is 0 Å². The van der Waals surface area contributed by atoms with E-state index in [1.54, 1.807) is 4.57 Å². The molecule has 3 aromatic rings. The van der Waals surface area contributed by atoms with Gasteiger partial charge >= 0.3 is 5.97 Å². The summed E-state index contributed by atoms with van der Waals surface area (Å²) < 4.78 is 26.7. The highest BCUT2D eigenvalue weighted by atomic mass is 19.1. The van der Waals surface area contributed by atoms with E-state index in [1.807, 2.05) is 40.7 Å². The highest BCUT2D eigenvalue weighted by Gasteiger charge is 2.36. The zero-order chi connectivity index (χ0) is 28.4. The number of halogens is 1. The van der Waals surface area contributed by atoms with E-state index < -0.39 is 12.1 Å². The molecule has 1 aliphatic carbocycles. The summed E-state index contributed by atoms with van der Waals surface area (Å²) in [5, 5.41) is 3.97. The number of fused-ring (bicyclic) bond motifs is 5. The van der Waals surface area contributed by atoms with Crippen molar-refractivity contribution in [3.8, 4) is 11.4 Å². The molecule has 6 rings (SSSR count). The minimum absolute atomic E-state index is 0.0553. The number of cyclic esters (lactones) is 1. The molecule has 1 atom stereocenters. The van der Waals surface area contributed by atoms with Gasteiger partial charge in [0.25, 0.3) is 5.56 Å². The number of hydrogen-bond donors (Lipinski definition) is 1. The summed E-state index contributed by atoms with van der Waals surface area (Å²) >= 11 is 0. The number of aryl methyl sites for hydroxylation is 2.